The summed E-state index contributed by atoms with van der Waals surface area (Å²) in [6.07, 6.45) is 0. The van der Waals surface area contributed by atoms with Gasteiger partial charge in [-0.25, -0.2) is 15.0 Å². The van der Waals surface area contributed by atoms with Gasteiger partial charge in [0, 0.05) is 22.1 Å². The van der Waals surface area contributed by atoms with Gasteiger partial charge in [-0.3, -0.25) is 0 Å². The lowest BCUT2D eigenvalue weighted by Crippen LogP contribution is -2.14. The van der Waals surface area contributed by atoms with Crippen LogP contribution in [0, 0.1) is 0 Å². The lowest BCUT2D eigenvalue weighted by atomic mass is 9.82. The minimum Gasteiger partial charge on any atom is -0.208 e. The molecule has 0 N–H and O–H groups in total. The Morgan fingerprint density at radius 3 is 1.36 bits per heavy atom. The first-order chi connectivity index (χ1) is 22.0. The Hall–Kier alpha value is -5.67. The Morgan fingerprint density at radius 1 is 0.333 bits per heavy atom. The van der Waals surface area contributed by atoms with Crippen molar-refractivity contribution in [1.29, 1.82) is 0 Å². The summed E-state index contributed by atoms with van der Waals surface area (Å²) < 4.78 is 0. The van der Waals surface area contributed by atoms with Crippen molar-refractivity contribution in [2.75, 3.05) is 0 Å². The molecule has 0 fully saturated rings. The highest BCUT2D eigenvalue weighted by Gasteiger charge is 2.35. The van der Waals surface area contributed by atoms with E-state index >= 15 is 0 Å². The average molecular weight is 578 g/mol. The third kappa shape index (κ3) is 4.83. The van der Waals surface area contributed by atoms with E-state index in [0.717, 1.165) is 27.8 Å². The first-order valence-electron chi connectivity index (χ1n) is 15.4. The van der Waals surface area contributed by atoms with Crippen LogP contribution in [-0.4, -0.2) is 15.0 Å². The summed E-state index contributed by atoms with van der Waals surface area (Å²) in [6.45, 7) is 4.64. The quantitative estimate of drug-likeness (QED) is 0.204. The fourth-order valence-electron chi connectivity index (χ4n) is 6.55. The van der Waals surface area contributed by atoms with Gasteiger partial charge in [0.15, 0.2) is 17.5 Å². The van der Waals surface area contributed by atoms with Crippen LogP contribution in [0.1, 0.15) is 25.0 Å². The standard InChI is InChI=1S/C42H31N3/c1-42(2)37-22-10-9-21-35(37)36-27-33(23-24-38(36)42)31-18-11-17-30(25-31)32-19-12-20-34(26-32)41-44-39(28-13-5-3-6-14-28)43-40(45-41)29-15-7-4-8-16-29/h3-27H,1-2H3. The van der Waals surface area contributed by atoms with Crippen LogP contribution in [0.3, 0.4) is 0 Å². The molecule has 1 aliphatic rings. The number of benzene rings is 6. The molecule has 6 aromatic carbocycles. The molecule has 8 rings (SSSR count). The predicted octanol–water partition coefficient (Wildman–Crippen LogP) is 10.5. The van der Waals surface area contributed by atoms with Gasteiger partial charge >= 0.3 is 0 Å². The summed E-state index contributed by atoms with van der Waals surface area (Å²) in [5, 5.41) is 0. The van der Waals surface area contributed by atoms with Crippen LogP contribution in [-0.2, 0) is 5.41 Å². The molecule has 45 heavy (non-hydrogen) atoms. The molecular weight excluding hydrogens is 546 g/mol. The van der Waals surface area contributed by atoms with E-state index in [4.69, 9.17) is 15.0 Å². The molecule has 0 saturated heterocycles. The van der Waals surface area contributed by atoms with Gasteiger partial charge in [-0.15, -0.1) is 0 Å². The van der Waals surface area contributed by atoms with Gasteiger partial charge in [0.2, 0.25) is 0 Å². The van der Waals surface area contributed by atoms with E-state index < -0.39 is 0 Å². The van der Waals surface area contributed by atoms with Crippen molar-refractivity contribution in [2.45, 2.75) is 19.3 Å². The second kappa shape index (κ2) is 10.8. The van der Waals surface area contributed by atoms with Crippen LogP contribution in [0.25, 0.3) is 67.5 Å². The van der Waals surface area contributed by atoms with E-state index in [1.807, 2.05) is 60.7 Å². The molecule has 0 spiro atoms. The predicted molar refractivity (Wildman–Crippen MR) is 185 cm³/mol. The maximum absolute atomic E-state index is 4.94. The molecule has 3 nitrogen and oxygen atoms in total. The smallest absolute Gasteiger partial charge is 0.164 e. The summed E-state index contributed by atoms with van der Waals surface area (Å²) in [6, 6.07) is 53.2. The van der Waals surface area contributed by atoms with Crippen molar-refractivity contribution in [2.24, 2.45) is 0 Å². The third-order valence-electron chi connectivity index (χ3n) is 8.93. The van der Waals surface area contributed by atoms with Crippen LogP contribution < -0.4 is 0 Å². The normalized spacial score (nSPS) is 12.8. The minimum absolute atomic E-state index is 0.00251. The van der Waals surface area contributed by atoms with E-state index in [9.17, 15) is 0 Å². The lowest BCUT2D eigenvalue weighted by Gasteiger charge is -2.21. The number of hydrogen-bond acceptors (Lipinski definition) is 3. The van der Waals surface area contributed by atoms with Gasteiger partial charge in [-0.1, -0.05) is 147 Å². The SMILES string of the molecule is CC1(C)c2ccccc2-c2cc(-c3cccc(-c4cccc(-c5nc(-c6ccccc6)nc(-c6ccccc6)n5)c4)c3)ccc21. The summed E-state index contributed by atoms with van der Waals surface area (Å²) >= 11 is 0. The maximum atomic E-state index is 4.94. The minimum atomic E-state index is 0.00251. The van der Waals surface area contributed by atoms with Gasteiger partial charge < -0.3 is 0 Å². The van der Waals surface area contributed by atoms with Crippen molar-refractivity contribution in [1.82, 2.24) is 15.0 Å². The van der Waals surface area contributed by atoms with E-state index in [2.05, 4.69) is 105 Å². The van der Waals surface area contributed by atoms with Crippen LogP contribution in [0.5, 0.6) is 0 Å². The Morgan fingerprint density at radius 2 is 0.756 bits per heavy atom. The van der Waals surface area contributed by atoms with Gasteiger partial charge in [-0.2, -0.15) is 0 Å². The summed E-state index contributed by atoms with van der Waals surface area (Å²) in [4.78, 5) is 14.7. The van der Waals surface area contributed by atoms with Crippen molar-refractivity contribution < 1.29 is 0 Å². The molecule has 3 heteroatoms. The molecule has 1 aliphatic carbocycles. The van der Waals surface area contributed by atoms with Crippen molar-refractivity contribution in [3.63, 3.8) is 0 Å². The van der Waals surface area contributed by atoms with Crippen LogP contribution in [0.4, 0.5) is 0 Å². The highest BCUT2D eigenvalue weighted by molar-refractivity contribution is 5.85. The van der Waals surface area contributed by atoms with Crippen LogP contribution in [0.2, 0.25) is 0 Å². The van der Waals surface area contributed by atoms with Crippen LogP contribution >= 0.6 is 0 Å². The molecule has 0 bridgehead atoms. The summed E-state index contributed by atoms with van der Waals surface area (Å²) in [5.74, 6) is 1.97. The lowest BCUT2D eigenvalue weighted by molar-refractivity contribution is 0.660. The third-order valence-corrected chi connectivity index (χ3v) is 8.93. The fourth-order valence-corrected chi connectivity index (χ4v) is 6.55. The maximum Gasteiger partial charge on any atom is 0.164 e. The van der Waals surface area contributed by atoms with Crippen LogP contribution in [0.15, 0.2) is 152 Å². The van der Waals surface area contributed by atoms with Gasteiger partial charge in [0.05, 0.1) is 0 Å². The zero-order chi connectivity index (χ0) is 30.4. The number of aromatic nitrogens is 3. The van der Waals surface area contributed by atoms with E-state index in [0.29, 0.717) is 17.5 Å². The number of nitrogens with zero attached hydrogens (tertiary/aromatic N) is 3. The topological polar surface area (TPSA) is 38.7 Å². The Labute approximate surface area is 264 Å². The largest absolute Gasteiger partial charge is 0.208 e. The zero-order valence-corrected chi connectivity index (χ0v) is 25.3. The van der Waals surface area contributed by atoms with Crippen molar-refractivity contribution in [3.05, 3.63) is 163 Å². The molecule has 0 unspecified atom stereocenters. The monoisotopic (exact) mass is 577 g/mol. The molecule has 0 atom stereocenters. The number of hydrogen-bond donors (Lipinski definition) is 0. The van der Waals surface area contributed by atoms with Crippen molar-refractivity contribution >= 4 is 0 Å². The van der Waals surface area contributed by atoms with Gasteiger partial charge in [-0.05, 0) is 62.7 Å². The van der Waals surface area contributed by atoms with E-state index in [1.165, 1.54) is 33.4 Å². The van der Waals surface area contributed by atoms with Crippen molar-refractivity contribution in [3.8, 4) is 67.5 Å². The molecule has 0 saturated carbocycles. The molecule has 0 radical (unpaired) electrons. The molecular formula is C42H31N3. The molecule has 0 amide bonds. The first kappa shape index (κ1) is 26.9. The summed E-state index contributed by atoms with van der Waals surface area (Å²) in [5.41, 5.74) is 13.0. The Balaban J connectivity index is 1.19. The fraction of sp³-hybridized carbons (Fsp3) is 0.0714. The molecule has 7 aromatic rings. The molecule has 1 heterocycles. The average Bonchev–Trinajstić information content (AvgIpc) is 3.34. The first-order valence-corrected chi connectivity index (χ1v) is 15.4. The number of rotatable bonds is 5. The highest BCUT2D eigenvalue weighted by Crippen LogP contribution is 2.49. The summed E-state index contributed by atoms with van der Waals surface area (Å²) in [7, 11) is 0. The van der Waals surface area contributed by atoms with E-state index in [1.54, 1.807) is 0 Å². The highest BCUT2D eigenvalue weighted by atomic mass is 15.0. The molecule has 0 aliphatic heterocycles. The number of fused-ring (bicyclic) bond motifs is 3. The second-order valence-corrected chi connectivity index (χ2v) is 12.1. The zero-order valence-electron chi connectivity index (χ0n) is 25.3. The second-order valence-electron chi connectivity index (χ2n) is 12.1. The molecule has 214 valence electrons. The Kier molecular flexibility index (Phi) is 6.46. The Bertz CT molecular complexity index is 2130. The van der Waals surface area contributed by atoms with Gasteiger partial charge in [0.25, 0.3) is 0 Å². The van der Waals surface area contributed by atoms with E-state index in [-0.39, 0.29) is 5.41 Å². The molecule has 1 aromatic heterocycles. The van der Waals surface area contributed by atoms with Gasteiger partial charge in [0.1, 0.15) is 0 Å².